The minimum Gasteiger partial charge on any atom is -0.324 e. The van der Waals surface area contributed by atoms with E-state index >= 15 is 0 Å². The van der Waals surface area contributed by atoms with E-state index in [1.54, 1.807) is 11.4 Å². The number of thiophene rings is 1. The highest BCUT2D eigenvalue weighted by atomic mass is 32.1. The number of carbonyl (C=O) groups excluding carboxylic acids is 1. The Hall–Kier alpha value is -1.01. The summed E-state index contributed by atoms with van der Waals surface area (Å²) in [7, 11) is 0. The van der Waals surface area contributed by atoms with Crippen LogP contribution >= 0.6 is 11.3 Å². The lowest BCUT2D eigenvalue weighted by Gasteiger charge is -2.09. The highest BCUT2D eigenvalue weighted by Crippen LogP contribution is 2.25. The second-order valence-electron chi connectivity index (χ2n) is 3.49. The van der Waals surface area contributed by atoms with Gasteiger partial charge < -0.3 is 5.32 Å². The zero-order chi connectivity index (χ0) is 10.9. The molecule has 0 radical (unpaired) electrons. The number of carbonyl (C=O) groups is 1. The van der Waals surface area contributed by atoms with E-state index in [0.717, 1.165) is 0 Å². The molecular weight excluding hydrogens is 222 g/mol. The fourth-order valence-electron chi connectivity index (χ4n) is 1.47. The Bertz CT molecular complexity index is 353. The maximum absolute atomic E-state index is 12.8. The number of hydrogen-bond acceptors (Lipinski definition) is 3. The van der Waals surface area contributed by atoms with Crippen molar-refractivity contribution in [3.63, 3.8) is 0 Å². The van der Waals surface area contributed by atoms with E-state index in [2.05, 4.69) is 10.6 Å². The first kappa shape index (κ1) is 10.5. The van der Waals surface area contributed by atoms with Gasteiger partial charge in [0.2, 0.25) is 5.91 Å². The van der Waals surface area contributed by atoms with Crippen LogP contribution in [0.15, 0.2) is 16.8 Å². The lowest BCUT2D eigenvalue weighted by atomic mass is 10.2. The van der Waals surface area contributed by atoms with Crippen molar-refractivity contribution in [2.75, 3.05) is 11.9 Å². The van der Waals surface area contributed by atoms with Gasteiger partial charge >= 0.3 is 0 Å². The van der Waals surface area contributed by atoms with Crippen LogP contribution in [-0.4, -0.2) is 24.4 Å². The molecule has 0 saturated carbocycles. The third-order valence-electron chi connectivity index (χ3n) is 2.22. The van der Waals surface area contributed by atoms with Crippen molar-refractivity contribution in [1.82, 2.24) is 5.32 Å². The van der Waals surface area contributed by atoms with Gasteiger partial charge in [-0.1, -0.05) is 0 Å². The highest BCUT2D eigenvalue weighted by molar-refractivity contribution is 7.08. The molecule has 0 bridgehead atoms. The van der Waals surface area contributed by atoms with Gasteiger partial charge in [-0.3, -0.25) is 10.1 Å². The van der Waals surface area contributed by atoms with Gasteiger partial charge in [-0.15, -0.1) is 0 Å². The average molecular weight is 232 g/mol. The standard InChI is InChI=1S/C9H10F2N2OS/c10-9(11)3-7(12-5-9)8(14)13-6-1-2-15-4-6/h1-2,4,7,12H,3,5H2,(H,13,14). The Morgan fingerprint density at radius 3 is 3.00 bits per heavy atom. The number of amides is 1. The van der Waals surface area contributed by atoms with Crippen LogP contribution in [0.1, 0.15) is 6.42 Å². The van der Waals surface area contributed by atoms with Gasteiger partial charge in [0.15, 0.2) is 0 Å². The van der Waals surface area contributed by atoms with E-state index in [1.165, 1.54) is 11.3 Å². The van der Waals surface area contributed by atoms with Crippen LogP contribution in [0.25, 0.3) is 0 Å². The van der Waals surface area contributed by atoms with Crippen LogP contribution in [0.3, 0.4) is 0 Å². The summed E-state index contributed by atoms with van der Waals surface area (Å²) in [5.74, 6) is -3.16. The topological polar surface area (TPSA) is 41.1 Å². The molecule has 1 aromatic rings. The van der Waals surface area contributed by atoms with Crippen LogP contribution in [0.4, 0.5) is 14.5 Å². The van der Waals surface area contributed by atoms with Gasteiger partial charge in [0.1, 0.15) is 0 Å². The summed E-state index contributed by atoms with van der Waals surface area (Å²) in [6.45, 7) is -0.422. The van der Waals surface area contributed by atoms with E-state index < -0.39 is 30.8 Å². The minimum absolute atomic E-state index is 0.398. The predicted molar refractivity (Wildman–Crippen MR) is 54.3 cm³/mol. The van der Waals surface area contributed by atoms with E-state index in [0.29, 0.717) is 5.69 Å². The molecule has 0 aromatic carbocycles. The van der Waals surface area contributed by atoms with Crippen molar-refractivity contribution < 1.29 is 13.6 Å². The second kappa shape index (κ2) is 3.86. The van der Waals surface area contributed by atoms with Crippen LogP contribution in [0.2, 0.25) is 0 Å². The molecule has 0 spiro atoms. The number of anilines is 1. The third-order valence-corrected chi connectivity index (χ3v) is 2.90. The molecule has 1 unspecified atom stereocenters. The molecule has 1 atom stereocenters. The predicted octanol–water partition coefficient (Wildman–Crippen LogP) is 1.68. The quantitative estimate of drug-likeness (QED) is 0.814. The molecule has 6 heteroatoms. The second-order valence-corrected chi connectivity index (χ2v) is 4.27. The Labute approximate surface area is 89.5 Å². The molecule has 1 aliphatic rings. The van der Waals surface area contributed by atoms with E-state index in [9.17, 15) is 13.6 Å². The van der Waals surface area contributed by atoms with Gasteiger partial charge in [-0.2, -0.15) is 11.3 Å². The molecule has 3 nitrogen and oxygen atoms in total. The van der Waals surface area contributed by atoms with E-state index in [1.807, 2.05) is 5.38 Å². The first-order valence-electron chi connectivity index (χ1n) is 4.51. The molecule has 1 amide bonds. The van der Waals surface area contributed by atoms with E-state index in [-0.39, 0.29) is 0 Å². The van der Waals surface area contributed by atoms with Gasteiger partial charge in [-0.05, 0) is 11.4 Å². The summed E-state index contributed by atoms with van der Waals surface area (Å²) < 4.78 is 25.6. The minimum atomic E-state index is -2.77. The van der Waals surface area contributed by atoms with Crippen molar-refractivity contribution >= 4 is 22.9 Å². The third kappa shape index (κ3) is 2.51. The van der Waals surface area contributed by atoms with Gasteiger partial charge in [0, 0.05) is 11.8 Å². The zero-order valence-corrected chi connectivity index (χ0v) is 8.61. The summed E-state index contributed by atoms with van der Waals surface area (Å²) in [5, 5.41) is 8.64. The van der Waals surface area contributed by atoms with Gasteiger partial charge in [0.25, 0.3) is 5.92 Å². The first-order valence-corrected chi connectivity index (χ1v) is 5.45. The fourth-order valence-corrected chi connectivity index (χ4v) is 2.05. The van der Waals surface area contributed by atoms with Crippen molar-refractivity contribution in [3.05, 3.63) is 16.8 Å². The van der Waals surface area contributed by atoms with E-state index in [4.69, 9.17) is 0 Å². The molecule has 82 valence electrons. The SMILES string of the molecule is O=C(Nc1ccsc1)C1CC(F)(F)CN1. The first-order chi connectivity index (χ1) is 7.07. The lowest BCUT2D eigenvalue weighted by Crippen LogP contribution is -2.35. The van der Waals surface area contributed by atoms with Crippen LogP contribution < -0.4 is 10.6 Å². The normalized spacial score (nSPS) is 24.0. The number of alkyl halides is 2. The average Bonchev–Trinajstić information content (AvgIpc) is 2.74. The molecule has 2 rings (SSSR count). The highest BCUT2D eigenvalue weighted by Gasteiger charge is 2.42. The monoisotopic (exact) mass is 232 g/mol. The summed E-state index contributed by atoms with van der Waals surface area (Å²) in [6, 6.07) is 0.940. The number of nitrogens with one attached hydrogen (secondary N) is 2. The lowest BCUT2D eigenvalue weighted by molar-refractivity contribution is -0.118. The maximum atomic E-state index is 12.8. The maximum Gasteiger partial charge on any atom is 0.262 e. The summed E-state index contributed by atoms with van der Waals surface area (Å²) in [6.07, 6.45) is -0.428. The molecule has 1 aliphatic heterocycles. The molecule has 15 heavy (non-hydrogen) atoms. The number of hydrogen-bond donors (Lipinski definition) is 2. The Kier molecular flexibility index (Phi) is 2.70. The number of rotatable bonds is 2. The van der Waals surface area contributed by atoms with Crippen molar-refractivity contribution in [1.29, 1.82) is 0 Å². The number of halogens is 2. The van der Waals surface area contributed by atoms with Gasteiger partial charge in [0.05, 0.1) is 18.3 Å². The summed E-state index contributed by atoms with van der Waals surface area (Å²) in [5.41, 5.74) is 0.655. The van der Waals surface area contributed by atoms with Crippen molar-refractivity contribution in [2.45, 2.75) is 18.4 Å². The zero-order valence-electron chi connectivity index (χ0n) is 7.80. The van der Waals surface area contributed by atoms with Crippen molar-refractivity contribution in [3.8, 4) is 0 Å². The van der Waals surface area contributed by atoms with Gasteiger partial charge in [-0.25, -0.2) is 8.78 Å². The van der Waals surface area contributed by atoms with Crippen LogP contribution in [-0.2, 0) is 4.79 Å². The Balaban J connectivity index is 1.93. The summed E-state index contributed by atoms with van der Waals surface area (Å²) >= 11 is 1.44. The fraction of sp³-hybridized carbons (Fsp3) is 0.444. The molecule has 1 aromatic heterocycles. The molecule has 2 N–H and O–H groups in total. The van der Waals surface area contributed by atoms with Crippen LogP contribution in [0.5, 0.6) is 0 Å². The molecule has 1 saturated heterocycles. The molecule has 1 fully saturated rings. The van der Waals surface area contributed by atoms with Crippen LogP contribution in [0, 0.1) is 0 Å². The Morgan fingerprint density at radius 1 is 1.67 bits per heavy atom. The largest absolute Gasteiger partial charge is 0.324 e. The smallest absolute Gasteiger partial charge is 0.262 e. The summed E-state index contributed by atoms with van der Waals surface area (Å²) in [4.78, 5) is 11.5. The molecular formula is C9H10F2N2OS. The van der Waals surface area contributed by atoms with Crippen molar-refractivity contribution in [2.24, 2.45) is 0 Å². The molecule has 0 aliphatic carbocycles. The molecule has 2 heterocycles. The Morgan fingerprint density at radius 2 is 2.47 bits per heavy atom.